The predicted molar refractivity (Wildman–Crippen MR) is 106 cm³/mol. The zero-order chi connectivity index (χ0) is 19.7. The second kappa shape index (κ2) is 7.59. The molecule has 0 N–H and O–H groups in total. The average molecular weight is 383 g/mol. The highest BCUT2D eigenvalue weighted by atomic mass is 16.5. The molecule has 2 aliphatic heterocycles. The number of hydrogen-bond donors (Lipinski definition) is 0. The van der Waals surface area contributed by atoms with Crippen molar-refractivity contribution in [2.24, 2.45) is 0 Å². The fourth-order valence-electron chi connectivity index (χ4n) is 4.59. The standard InChI is InChI=1S/C22H29N3O3/c1-4-27-20-9-6-5-8-18(20)21(26)24-12-7-10-22(15-24)11-13-25(22)14-19-16(2)23-28-17(19)3/h5-6,8-9H,4,7,10-15H2,1-3H3. The minimum Gasteiger partial charge on any atom is -0.493 e. The van der Waals surface area contributed by atoms with Gasteiger partial charge < -0.3 is 14.2 Å². The zero-order valence-electron chi connectivity index (χ0n) is 17.0. The summed E-state index contributed by atoms with van der Waals surface area (Å²) in [5, 5.41) is 4.09. The third-order valence-corrected chi connectivity index (χ3v) is 6.31. The smallest absolute Gasteiger partial charge is 0.257 e. The van der Waals surface area contributed by atoms with Gasteiger partial charge in [0, 0.05) is 37.3 Å². The summed E-state index contributed by atoms with van der Waals surface area (Å²) in [7, 11) is 0. The number of benzene rings is 1. The van der Waals surface area contributed by atoms with Crippen molar-refractivity contribution >= 4 is 5.91 Å². The first kappa shape index (κ1) is 19.0. The van der Waals surface area contributed by atoms with Gasteiger partial charge >= 0.3 is 0 Å². The van der Waals surface area contributed by atoms with Crippen molar-refractivity contribution in [1.29, 1.82) is 0 Å². The zero-order valence-corrected chi connectivity index (χ0v) is 17.0. The van der Waals surface area contributed by atoms with Crippen LogP contribution in [0.4, 0.5) is 0 Å². The number of hydrogen-bond acceptors (Lipinski definition) is 5. The van der Waals surface area contributed by atoms with E-state index in [0.717, 1.165) is 56.9 Å². The molecule has 0 bridgehead atoms. The van der Waals surface area contributed by atoms with E-state index in [1.807, 2.05) is 49.9 Å². The molecular formula is C22H29N3O3. The molecule has 1 spiro atoms. The van der Waals surface area contributed by atoms with E-state index in [-0.39, 0.29) is 11.4 Å². The van der Waals surface area contributed by atoms with Crippen molar-refractivity contribution in [2.45, 2.75) is 52.1 Å². The summed E-state index contributed by atoms with van der Waals surface area (Å²) in [5.74, 6) is 1.65. The number of piperidine rings is 1. The minimum absolute atomic E-state index is 0.0740. The van der Waals surface area contributed by atoms with Crippen molar-refractivity contribution < 1.29 is 14.1 Å². The summed E-state index contributed by atoms with van der Waals surface area (Å²) in [6, 6.07) is 7.57. The Kier molecular flexibility index (Phi) is 5.15. The molecule has 2 fully saturated rings. The molecule has 1 unspecified atom stereocenters. The lowest BCUT2D eigenvalue weighted by molar-refractivity contribution is -0.0651. The summed E-state index contributed by atoms with van der Waals surface area (Å²) in [6.45, 7) is 9.95. The predicted octanol–water partition coefficient (Wildman–Crippen LogP) is 3.57. The maximum atomic E-state index is 13.3. The molecule has 0 saturated carbocycles. The van der Waals surface area contributed by atoms with Crippen molar-refractivity contribution in [1.82, 2.24) is 15.0 Å². The van der Waals surface area contributed by atoms with Gasteiger partial charge in [0.05, 0.1) is 17.9 Å². The topological polar surface area (TPSA) is 58.8 Å². The maximum Gasteiger partial charge on any atom is 0.257 e. The van der Waals surface area contributed by atoms with Gasteiger partial charge in [0.2, 0.25) is 0 Å². The maximum absolute atomic E-state index is 13.3. The van der Waals surface area contributed by atoms with Crippen LogP contribution in [0.25, 0.3) is 0 Å². The van der Waals surface area contributed by atoms with Crippen LogP contribution in [0.1, 0.15) is 53.6 Å². The number of ether oxygens (including phenoxy) is 1. The van der Waals surface area contributed by atoms with Crippen LogP contribution in [-0.4, -0.2) is 52.6 Å². The lowest BCUT2D eigenvalue weighted by Gasteiger charge is -2.57. The van der Waals surface area contributed by atoms with Crippen LogP contribution in [-0.2, 0) is 6.54 Å². The van der Waals surface area contributed by atoms with Gasteiger partial charge in [-0.05, 0) is 52.2 Å². The molecular weight excluding hydrogens is 354 g/mol. The quantitative estimate of drug-likeness (QED) is 0.790. The van der Waals surface area contributed by atoms with E-state index in [0.29, 0.717) is 17.9 Å². The highest BCUT2D eigenvalue weighted by molar-refractivity contribution is 5.97. The summed E-state index contributed by atoms with van der Waals surface area (Å²) >= 11 is 0. The first-order chi connectivity index (χ1) is 13.5. The molecule has 6 nitrogen and oxygen atoms in total. The number of likely N-dealkylation sites (tertiary alicyclic amines) is 2. The molecule has 1 aromatic heterocycles. The number of nitrogens with zero attached hydrogens (tertiary/aromatic N) is 3. The molecule has 1 atom stereocenters. The normalized spacial score (nSPS) is 22.3. The van der Waals surface area contributed by atoms with Crippen LogP contribution >= 0.6 is 0 Å². The van der Waals surface area contributed by atoms with E-state index in [1.54, 1.807) is 0 Å². The summed E-state index contributed by atoms with van der Waals surface area (Å²) in [6.07, 6.45) is 3.29. The fourth-order valence-corrected chi connectivity index (χ4v) is 4.59. The molecule has 2 aliphatic rings. The van der Waals surface area contributed by atoms with Gasteiger partial charge in [-0.15, -0.1) is 0 Å². The van der Waals surface area contributed by atoms with Gasteiger partial charge in [-0.25, -0.2) is 0 Å². The molecule has 28 heavy (non-hydrogen) atoms. The van der Waals surface area contributed by atoms with E-state index >= 15 is 0 Å². The number of rotatable bonds is 5. The van der Waals surface area contributed by atoms with Gasteiger partial charge in [-0.1, -0.05) is 17.3 Å². The van der Waals surface area contributed by atoms with Gasteiger partial charge in [-0.2, -0.15) is 0 Å². The Morgan fingerprint density at radius 1 is 1.25 bits per heavy atom. The van der Waals surface area contributed by atoms with E-state index in [4.69, 9.17) is 9.26 Å². The Balaban J connectivity index is 1.51. The highest BCUT2D eigenvalue weighted by Crippen LogP contribution is 2.40. The van der Waals surface area contributed by atoms with Crippen LogP contribution in [0.2, 0.25) is 0 Å². The number of aromatic nitrogens is 1. The third kappa shape index (κ3) is 3.30. The Morgan fingerprint density at radius 2 is 2.07 bits per heavy atom. The molecule has 0 aliphatic carbocycles. The lowest BCUT2D eigenvalue weighted by Crippen LogP contribution is -2.67. The van der Waals surface area contributed by atoms with Crippen LogP contribution in [0.5, 0.6) is 5.75 Å². The number of aryl methyl sites for hydroxylation is 2. The minimum atomic E-state index is 0.0740. The fraction of sp³-hybridized carbons (Fsp3) is 0.545. The monoisotopic (exact) mass is 383 g/mol. The number of carbonyl (C=O) groups excluding carboxylic acids is 1. The summed E-state index contributed by atoms with van der Waals surface area (Å²) < 4.78 is 11.0. The van der Waals surface area contributed by atoms with E-state index in [2.05, 4.69) is 10.1 Å². The van der Waals surface area contributed by atoms with E-state index < -0.39 is 0 Å². The first-order valence-corrected chi connectivity index (χ1v) is 10.2. The molecule has 150 valence electrons. The van der Waals surface area contributed by atoms with Gasteiger partial charge in [0.25, 0.3) is 5.91 Å². The molecule has 6 heteroatoms. The third-order valence-electron chi connectivity index (χ3n) is 6.31. The Labute approximate surface area is 166 Å². The second-order valence-corrected chi connectivity index (χ2v) is 7.96. The van der Waals surface area contributed by atoms with Crippen LogP contribution in [0.3, 0.4) is 0 Å². The van der Waals surface area contributed by atoms with Crippen LogP contribution in [0, 0.1) is 13.8 Å². The van der Waals surface area contributed by atoms with E-state index in [1.165, 1.54) is 5.56 Å². The van der Waals surface area contributed by atoms with Crippen molar-refractivity contribution in [3.8, 4) is 5.75 Å². The number of amides is 1. The van der Waals surface area contributed by atoms with Gasteiger partial charge in [0.15, 0.2) is 0 Å². The molecule has 1 amide bonds. The Bertz CT molecular complexity index is 843. The Hall–Kier alpha value is -2.34. The van der Waals surface area contributed by atoms with Gasteiger partial charge in [-0.3, -0.25) is 9.69 Å². The number of para-hydroxylation sites is 1. The average Bonchev–Trinajstić information content (AvgIpc) is 3.03. The Morgan fingerprint density at radius 3 is 2.75 bits per heavy atom. The van der Waals surface area contributed by atoms with Crippen molar-refractivity contribution in [2.75, 3.05) is 26.2 Å². The molecule has 0 radical (unpaired) electrons. The number of carbonyl (C=O) groups is 1. The van der Waals surface area contributed by atoms with Crippen molar-refractivity contribution in [3.63, 3.8) is 0 Å². The lowest BCUT2D eigenvalue weighted by atomic mass is 9.77. The molecule has 1 aromatic carbocycles. The molecule has 2 aromatic rings. The SMILES string of the molecule is CCOc1ccccc1C(=O)N1CCCC2(CCN2Cc2c(C)noc2C)C1. The van der Waals surface area contributed by atoms with E-state index in [9.17, 15) is 4.79 Å². The first-order valence-electron chi connectivity index (χ1n) is 10.2. The largest absolute Gasteiger partial charge is 0.493 e. The summed E-state index contributed by atoms with van der Waals surface area (Å²) in [4.78, 5) is 17.8. The molecule has 3 heterocycles. The molecule has 4 rings (SSSR count). The second-order valence-electron chi connectivity index (χ2n) is 7.96. The summed E-state index contributed by atoms with van der Waals surface area (Å²) in [5.41, 5.74) is 2.89. The van der Waals surface area contributed by atoms with Crippen molar-refractivity contribution in [3.05, 3.63) is 46.8 Å². The van der Waals surface area contributed by atoms with Gasteiger partial charge in [0.1, 0.15) is 11.5 Å². The molecule has 2 saturated heterocycles. The van der Waals surface area contributed by atoms with Crippen LogP contribution < -0.4 is 4.74 Å². The van der Waals surface area contributed by atoms with Crippen LogP contribution in [0.15, 0.2) is 28.8 Å². The highest BCUT2D eigenvalue weighted by Gasteiger charge is 2.48.